The van der Waals surface area contributed by atoms with E-state index in [9.17, 15) is 4.57 Å². The lowest BCUT2D eigenvalue weighted by Gasteiger charge is -2.04. The predicted octanol–water partition coefficient (Wildman–Crippen LogP) is 1.96. The molecule has 0 fully saturated rings. The quantitative estimate of drug-likeness (QED) is 0.537. The molecule has 0 aromatic rings. The number of hydrogen-bond acceptors (Lipinski definition) is 2. The average molecular weight is 185 g/mol. The van der Waals surface area contributed by atoms with Crippen molar-refractivity contribution in [2.24, 2.45) is 0 Å². The van der Waals surface area contributed by atoms with Crippen LogP contribution in [0.4, 0.5) is 0 Å². The number of rotatable bonds is 4. The Morgan fingerprint density at radius 3 is 2.80 bits per heavy atom. The third-order valence-corrected chi connectivity index (χ3v) is 2.07. The van der Waals surface area contributed by atoms with Crippen molar-refractivity contribution in [3.05, 3.63) is 11.9 Å². The fourth-order valence-electron chi connectivity index (χ4n) is 0.397. The Bertz CT molecular complexity index is 157. The minimum Gasteiger partial charge on any atom is -0.321 e. The van der Waals surface area contributed by atoms with Gasteiger partial charge in [0, 0.05) is 11.7 Å². The monoisotopic (exact) mass is 184 g/mol. The van der Waals surface area contributed by atoms with E-state index in [0.29, 0.717) is 0 Å². The topological polar surface area (TPSA) is 46.5 Å². The molecular weight excluding hydrogens is 174 g/mol. The smallest absolute Gasteiger partial charge is 0.321 e. The molecule has 0 radical (unpaired) electrons. The van der Waals surface area contributed by atoms with Crippen molar-refractivity contribution in [1.82, 2.24) is 0 Å². The van der Waals surface area contributed by atoms with E-state index in [0.717, 1.165) is 5.82 Å². The Kier molecular flexibility index (Phi) is 5.00. The predicted molar refractivity (Wildman–Crippen MR) is 41.3 cm³/mol. The average Bonchev–Trinajstić information content (AvgIpc) is 1.84. The molecule has 5 heteroatoms. The summed E-state index contributed by atoms with van der Waals surface area (Å²) < 4.78 is 15.3. The summed E-state index contributed by atoms with van der Waals surface area (Å²) >= 11 is 5.23. The van der Waals surface area contributed by atoms with E-state index in [2.05, 4.69) is 4.52 Å². The maximum absolute atomic E-state index is 10.8. The van der Waals surface area contributed by atoms with Crippen LogP contribution in [0, 0.1) is 0 Å². The van der Waals surface area contributed by atoms with Gasteiger partial charge in [-0.25, -0.2) is 0 Å². The van der Waals surface area contributed by atoms with Crippen LogP contribution in [0.15, 0.2) is 11.9 Å². The highest BCUT2D eigenvalue weighted by molar-refractivity contribution is 7.56. The highest BCUT2D eigenvalue weighted by Crippen LogP contribution is 2.43. The highest BCUT2D eigenvalue weighted by atomic mass is 35.5. The van der Waals surface area contributed by atoms with Gasteiger partial charge in [-0.2, -0.15) is 0 Å². The molecule has 0 heterocycles. The van der Waals surface area contributed by atoms with E-state index in [1.807, 2.05) is 0 Å². The first-order valence-corrected chi connectivity index (χ1v) is 4.97. The van der Waals surface area contributed by atoms with Crippen molar-refractivity contribution in [2.75, 3.05) is 12.5 Å². The van der Waals surface area contributed by atoms with Gasteiger partial charge in [0.1, 0.15) is 0 Å². The number of hydrogen-bond donors (Lipinski definition) is 1. The van der Waals surface area contributed by atoms with E-state index in [-0.39, 0.29) is 12.5 Å². The molecule has 0 bridgehead atoms. The molecule has 0 aliphatic carbocycles. The van der Waals surface area contributed by atoms with Gasteiger partial charge in [-0.15, -0.1) is 11.6 Å². The number of allylic oxidation sites excluding steroid dienone is 1. The summed E-state index contributed by atoms with van der Waals surface area (Å²) in [4.78, 5) is 8.83. The third-order valence-electron chi connectivity index (χ3n) is 0.691. The van der Waals surface area contributed by atoms with E-state index in [1.165, 1.54) is 6.08 Å². The number of halogens is 1. The van der Waals surface area contributed by atoms with Crippen LogP contribution in [0.3, 0.4) is 0 Å². The molecule has 0 spiro atoms. The van der Waals surface area contributed by atoms with Gasteiger partial charge in [0.25, 0.3) is 0 Å². The van der Waals surface area contributed by atoms with Crippen LogP contribution < -0.4 is 0 Å². The van der Waals surface area contributed by atoms with Gasteiger partial charge in [0.2, 0.25) is 0 Å². The van der Waals surface area contributed by atoms with E-state index in [4.69, 9.17) is 16.5 Å². The first-order chi connectivity index (χ1) is 4.62. The molecule has 0 aliphatic rings. The van der Waals surface area contributed by atoms with Gasteiger partial charge in [-0.05, 0) is 6.92 Å². The Morgan fingerprint density at radius 2 is 2.40 bits per heavy atom. The van der Waals surface area contributed by atoms with Crippen LogP contribution in [0.25, 0.3) is 0 Å². The fourth-order valence-corrected chi connectivity index (χ4v) is 1.40. The van der Waals surface area contributed by atoms with Gasteiger partial charge >= 0.3 is 7.60 Å². The molecule has 0 amide bonds. The zero-order valence-electron chi connectivity index (χ0n) is 5.66. The molecule has 1 unspecified atom stereocenters. The maximum atomic E-state index is 10.8. The second-order valence-corrected chi connectivity index (χ2v) is 3.63. The van der Waals surface area contributed by atoms with Crippen molar-refractivity contribution in [3.8, 4) is 0 Å². The third kappa shape index (κ3) is 5.00. The van der Waals surface area contributed by atoms with Gasteiger partial charge in [-0.1, -0.05) is 6.08 Å². The summed E-state index contributed by atoms with van der Waals surface area (Å²) in [6.07, 6.45) is 1.47. The van der Waals surface area contributed by atoms with Crippen molar-refractivity contribution >= 4 is 19.2 Å². The van der Waals surface area contributed by atoms with Gasteiger partial charge in [0.05, 0.1) is 6.61 Å². The lowest BCUT2D eigenvalue weighted by Crippen LogP contribution is -1.90. The van der Waals surface area contributed by atoms with Crippen LogP contribution in [-0.4, -0.2) is 17.4 Å². The normalized spacial score (nSPS) is 17.5. The van der Waals surface area contributed by atoms with Crippen LogP contribution in [0.5, 0.6) is 0 Å². The molecule has 0 aromatic heterocycles. The second-order valence-electron chi connectivity index (χ2n) is 1.57. The van der Waals surface area contributed by atoms with Crippen molar-refractivity contribution < 1.29 is 14.0 Å². The standard InChI is InChI=1S/C5H10ClO3P/c1-2-5-10(7,8)9-4-3-6/h2,5H,3-4H2,1H3,(H,7,8). The van der Waals surface area contributed by atoms with Gasteiger partial charge in [-0.3, -0.25) is 4.57 Å². The number of alkyl halides is 1. The summed E-state index contributed by atoms with van der Waals surface area (Å²) in [6, 6.07) is 0. The minimum atomic E-state index is -3.47. The first kappa shape index (κ1) is 10.2. The van der Waals surface area contributed by atoms with Crippen LogP contribution >= 0.6 is 19.2 Å². The van der Waals surface area contributed by atoms with Crippen LogP contribution in [0.2, 0.25) is 0 Å². The molecular formula is C5H10ClO3P. The Hall–Kier alpha value is 0.180. The van der Waals surface area contributed by atoms with Crippen molar-refractivity contribution in [1.29, 1.82) is 0 Å². The van der Waals surface area contributed by atoms with Crippen LogP contribution in [0.1, 0.15) is 6.92 Å². The van der Waals surface area contributed by atoms with Gasteiger partial charge in [0.15, 0.2) is 0 Å². The van der Waals surface area contributed by atoms with Gasteiger partial charge < -0.3 is 9.42 Å². The van der Waals surface area contributed by atoms with E-state index in [1.54, 1.807) is 6.92 Å². The SMILES string of the molecule is CC=CP(=O)(O)OCCCl. The zero-order chi connectivity index (χ0) is 8.04. The molecule has 0 saturated carbocycles. The van der Waals surface area contributed by atoms with Crippen molar-refractivity contribution in [3.63, 3.8) is 0 Å². The second kappa shape index (κ2) is 4.91. The van der Waals surface area contributed by atoms with Crippen molar-refractivity contribution in [2.45, 2.75) is 6.92 Å². The molecule has 3 nitrogen and oxygen atoms in total. The largest absolute Gasteiger partial charge is 0.351 e. The zero-order valence-corrected chi connectivity index (χ0v) is 7.31. The molecule has 0 aliphatic heterocycles. The minimum absolute atomic E-state index is 0.0969. The Labute approximate surface area is 65.2 Å². The van der Waals surface area contributed by atoms with E-state index >= 15 is 0 Å². The lowest BCUT2D eigenvalue weighted by molar-refractivity contribution is 0.284. The molecule has 1 atom stereocenters. The van der Waals surface area contributed by atoms with E-state index < -0.39 is 7.60 Å². The summed E-state index contributed by atoms with van der Waals surface area (Å²) in [6.45, 7) is 1.74. The molecule has 60 valence electrons. The first-order valence-electron chi connectivity index (χ1n) is 2.79. The Morgan fingerprint density at radius 1 is 1.80 bits per heavy atom. The maximum Gasteiger partial charge on any atom is 0.351 e. The van der Waals surface area contributed by atoms with Crippen LogP contribution in [-0.2, 0) is 9.09 Å². The highest BCUT2D eigenvalue weighted by Gasteiger charge is 2.12. The molecule has 0 saturated heterocycles. The summed E-state index contributed by atoms with van der Waals surface area (Å²) in [7, 11) is -3.47. The molecule has 10 heavy (non-hydrogen) atoms. The summed E-state index contributed by atoms with van der Waals surface area (Å²) in [5.74, 6) is 1.35. The fraction of sp³-hybridized carbons (Fsp3) is 0.600. The molecule has 1 N–H and O–H groups in total. The lowest BCUT2D eigenvalue weighted by atomic mass is 10.8. The summed E-state index contributed by atoms with van der Waals surface area (Å²) in [5.41, 5.74) is 0. The summed E-state index contributed by atoms with van der Waals surface area (Å²) in [5, 5.41) is 0. The Balaban J connectivity index is 3.76. The molecule has 0 rings (SSSR count). The molecule has 0 aromatic carbocycles.